The zero-order valence-corrected chi connectivity index (χ0v) is 17.2. The smallest absolute Gasteiger partial charge is 0.313 e. The van der Waals surface area contributed by atoms with E-state index in [0.717, 1.165) is 21.9 Å². The van der Waals surface area contributed by atoms with E-state index >= 15 is 0 Å². The van der Waals surface area contributed by atoms with E-state index in [1.807, 2.05) is 6.92 Å². The maximum atomic E-state index is 12.1. The minimum atomic E-state index is -0.798. The van der Waals surface area contributed by atoms with Gasteiger partial charge < -0.3 is 4.42 Å². The van der Waals surface area contributed by atoms with Crippen LogP contribution in [0.5, 0.6) is 0 Å². The minimum absolute atomic E-state index is 0.0547. The molecule has 0 aromatic carbocycles. The highest BCUT2D eigenvalue weighted by molar-refractivity contribution is 8.14. The topological polar surface area (TPSA) is 163 Å². The maximum absolute atomic E-state index is 12.1. The lowest BCUT2D eigenvalue weighted by atomic mass is 10.3. The lowest BCUT2D eigenvalue weighted by Crippen LogP contribution is -2.43. The van der Waals surface area contributed by atoms with Crippen LogP contribution >= 0.6 is 34.9 Å². The van der Waals surface area contributed by atoms with Gasteiger partial charge in [0.2, 0.25) is 11.0 Å². The van der Waals surface area contributed by atoms with E-state index in [4.69, 9.17) is 9.83 Å². The Kier molecular flexibility index (Phi) is 6.90. The van der Waals surface area contributed by atoms with Crippen molar-refractivity contribution in [2.24, 2.45) is 9.98 Å². The van der Waals surface area contributed by atoms with Crippen LogP contribution in [0.2, 0.25) is 0 Å². The molecule has 0 saturated heterocycles. The van der Waals surface area contributed by atoms with E-state index in [1.54, 1.807) is 0 Å². The molecule has 29 heavy (non-hydrogen) atoms. The molecule has 3 amide bonds. The van der Waals surface area contributed by atoms with Gasteiger partial charge in [-0.25, -0.2) is 4.99 Å². The van der Waals surface area contributed by atoms with Crippen LogP contribution in [-0.4, -0.2) is 56.1 Å². The van der Waals surface area contributed by atoms with Crippen molar-refractivity contribution in [1.29, 1.82) is 5.41 Å². The second-order valence-corrected chi connectivity index (χ2v) is 8.56. The van der Waals surface area contributed by atoms with E-state index < -0.39 is 23.4 Å². The average Bonchev–Trinajstić information content (AvgIpc) is 3.35. The van der Waals surface area contributed by atoms with Crippen LogP contribution in [0.4, 0.5) is 5.13 Å². The molecule has 14 heteroatoms. The predicted octanol–water partition coefficient (Wildman–Crippen LogP) is 1.66. The monoisotopic (exact) mass is 451 g/mol. The fraction of sp³-hybridized carbons (Fsp3) is 0.200. The zero-order chi connectivity index (χ0) is 20.8. The summed E-state index contributed by atoms with van der Waals surface area (Å²) in [6.07, 6.45) is 1.29. The van der Waals surface area contributed by atoms with Gasteiger partial charge in [0.15, 0.2) is 26.8 Å². The summed E-state index contributed by atoms with van der Waals surface area (Å²) in [6, 6.07) is 2.89. The van der Waals surface area contributed by atoms with Crippen LogP contribution in [0.15, 0.2) is 37.1 Å². The predicted molar refractivity (Wildman–Crippen MR) is 111 cm³/mol. The molecule has 3 heterocycles. The van der Waals surface area contributed by atoms with Crippen molar-refractivity contribution in [1.82, 2.24) is 15.5 Å². The molecule has 0 atom stereocenters. The summed E-state index contributed by atoms with van der Waals surface area (Å²) in [4.78, 5) is 43.5. The van der Waals surface area contributed by atoms with Crippen molar-refractivity contribution in [3.8, 4) is 0 Å². The number of carbonyl (C=O) groups excluding carboxylic acids is 3. The van der Waals surface area contributed by atoms with Crippen LogP contribution in [0.1, 0.15) is 17.5 Å². The summed E-state index contributed by atoms with van der Waals surface area (Å²) < 4.78 is 5.66. The quantitative estimate of drug-likeness (QED) is 0.441. The van der Waals surface area contributed by atoms with Crippen LogP contribution in [-0.2, 0) is 9.59 Å². The SMILES string of the molecule is CCSc1nnc(NC(=O)CSC2=NC(=N)C(=NC(=O)c3ccco3)C(=O)N2)s1. The van der Waals surface area contributed by atoms with Crippen LogP contribution < -0.4 is 10.6 Å². The summed E-state index contributed by atoms with van der Waals surface area (Å²) in [5, 5.41) is 21.1. The first-order valence-electron chi connectivity index (χ1n) is 8.00. The minimum Gasteiger partial charge on any atom is -0.459 e. The fourth-order valence-electron chi connectivity index (χ4n) is 1.91. The lowest BCUT2D eigenvalue weighted by Gasteiger charge is -2.14. The van der Waals surface area contributed by atoms with Gasteiger partial charge in [-0.3, -0.25) is 30.4 Å². The van der Waals surface area contributed by atoms with Gasteiger partial charge in [0, 0.05) is 0 Å². The molecule has 2 aromatic heterocycles. The number of nitrogens with zero attached hydrogens (tertiary/aromatic N) is 4. The Balaban J connectivity index is 1.56. The van der Waals surface area contributed by atoms with E-state index in [2.05, 4.69) is 30.8 Å². The van der Waals surface area contributed by atoms with Gasteiger partial charge in [-0.15, -0.1) is 10.2 Å². The number of rotatable bonds is 6. The lowest BCUT2D eigenvalue weighted by molar-refractivity contribution is -0.114. The zero-order valence-electron chi connectivity index (χ0n) is 14.8. The highest BCUT2D eigenvalue weighted by Gasteiger charge is 2.26. The van der Waals surface area contributed by atoms with E-state index in [-0.39, 0.29) is 22.6 Å². The van der Waals surface area contributed by atoms with Gasteiger partial charge in [0.1, 0.15) is 0 Å². The first-order chi connectivity index (χ1) is 14.0. The maximum Gasteiger partial charge on any atom is 0.313 e. The Morgan fingerprint density at radius 1 is 1.38 bits per heavy atom. The number of aliphatic imine (C=N–C) groups is 2. The molecule has 11 nitrogen and oxygen atoms in total. The number of thioether (sulfide) groups is 2. The number of carbonyl (C=O) groups is 3. The first kappa shape index (κ1) is 20.9. The molecule has 1 aliphatic heterocycles. The molecule has 3 N–H and O–H groups in total. The summed E-state index contributed by atoms with van der Waals surface area (Å²) in [5.41, 5.74) is -0.435. The van der Waals surface area contributed by atoms with Crippen molar-refractivity contribution < 1.29 is 18.8 Å². The third-order valence-electron chi connectivity index (χ3n) is 3.08. The molecule has 0 spiro atoms. The molecule has 0 aliphatic carbocycles. The average molecular weight is 452 g/mol. The number of amides is 3. The van der Waals surface area contributed by atoms with E-state index in [9.17, 15) is 14.4 Å². The van der Waals surface area contributed by atoms with E-state index in [1.165, 1.54) is 41.5 Å². The summed E-state index contributed by atoms with van der Waals surface area (Å²) in [6.45, 7) is 1.99. The van der Waals surface area contributed by atoms with Crippen LogP contribution in [0.3, 0.4) is 0 Å². The van der Waals surface area contributed by atoms with Crippen molar-refractivity contribution in [2.75, 3.05) is 16.8 Å². The van der Waals surface area contributed by atoms with Crippen molar-refractivity contribution >= 4 is 74.4 Å². The molecule has 1 aliphatic rings. The van der Waals surface area contributed by atoms with Crippen molar-refractivity contribution in [2.45, 2.75) is 11.3 Å². The van der Waals surface area contributed by atoms with Gasteiger partial charge in [-0.1, -0.05) is 41.8 Å². The molecular formula is C15H13N7O4S3. The third-order valence-corrected chi connectivity index (χ3v) is 5.81. The number of hydrogen-bond donors (Lipinski definition) is 3. The standard InChI is InChI=1S/C15H13N7O4S3/c1-2-27-15-22-21-14(29-15)17-8(23)6-28-13-19-10(16)9(12(25)20-13)18-11(24)7-4-3-5-26-7/h3-5H,2,6H2,1H3,(H,17,21,23)(H2,16,19,20,25). The van der Waals surface area contributed by atoms with Gasteiger partial charge in [-0.2, -0.15) is 4.99 Å². The van der Waals surface area contributed by atoms with Crippen molar-refractivity contribution in [3.63, 3.8) is 0 Å². The molecule has 0 unspecified atom stereocenters. The van der Waals surface area contributed by atoms with Crippen molar-refractivity contribution in [3.05, 3.63) is 24.2 Å². The molecular weight excluding hydrogens is 438 g/mol. The first-order valence-corrected chi connectivity index (χ1v) is 10.8. The Hall–Kier alpha value is -2.84. The second-order valence-electron chi connectivity index (χ2n) is 5.11. The van der Waals surface area contributed by atoms with E-state index in [0.29, 0.717) is 5.13 Å². The largest absolute Gasteiger partial charge is 0.459 e. The fourth-order valence-corrected chi connectivity index (χ4v) is 4.23. The van der Waals surface area contributed by atoms with Crippen LogP contribution in [0.25, 0.3) is 0 Å². The van der Waals surface area contributed by atoms with Crippen LogP contribution in [0, 0.1) is 5.41 Å². The highest BCUT2D eigenvalue weighted by atomic mass is 32.2. The number of furan rings is 1. The molecule has 2 aromatic rings. The molecule has 0 saturated carbocycles. The summed E-state index contributed by atoms with van der Waals surface area (Å²) in [7, 11) is 0. The number of nitrogens with one attached hydrogen (secondary N) is 3. The molecule has 150 valence electrons. The number of hydrogen-bond acceptors (Lipinski definition) is 10. The Labute approximate surface area is 176 Å². The molecule has 3 rings (SSSR count). The number of amidine groups is 2. The van der Waals surface area contributed by atoms with Gasteiger partial charge in [0.05, 0.1) is 12.0 Å². The second kappa shape index (κ2) is 9.58. The Morgan fingerprint density at radius 3 is 2.90 bits per heavy atom. The number of aromatic nitrogens is 2. The Bertz CT molecular complexity index is 1010. The Morgan fingerprint density at radius 2 is 2.21 bits per heavy atom. The third kappa shape index (κ3) is 5.58. The summed E-state index contributed by atoms with van der Waals surface area (Å²) in [5.74, 6) is -1.69. The highest BCUT2D eigenvalue weighted by Crippen LogP contribution is 2.25. The van der Waals surface area contributed by atoms with Gasteiger partial charge in [-0.05, 0) is 17.9 Å². The normalized spacial score (nSPS) is 15.2. The summed E-state index contributed by atoms with van der Waals surface area (Å²) >= 11 is 3.71. The van der Waals surface area contributed by atoms with Gasteiger partial charge >= 0.3 is 5.91 Å². The molecule has 0 bridgehead atoms. The molecule has 0 fully saturated rings. The molecule has 0 radical (unpaired) electrons. The number of anilines is 1. The van der Waals surface area contributed by atoms with Gasteiger partial charge in [0.25, 0.3) is 5.91 Å².